The number of hydrogen-bond donors (Lipinski definition) is 1. The van der Waals surface area contributed by atoms with Gasteiger partial charge in [-0.05, 0) is 0 Å². The summed E-state index contributed by atoms with van der Waals surface area (Å²) in [6.07, 6.45) is 2.80. The van der Waals surface area contributed by atoms with Crippen LogP contribution in [-0.2, 0) is 0 Å². The van der Waals surface area contributed by atoms with Gasteiger partial charge in [-0.15, -0.1) is 0 Å². The van der Waals surface area contributed by atoms with Gasteiger partial charge in [-0.25, -0.2) is 14.8 Å². The second kappa shape index (κ2) is 2.67. The third-order valence-corrected chi connectivity index (χ3v) is 1.76. The molecule has 0 atom stereocenters. The maximum absolute atomic E-state index is 10.6. The molecule has 0 aliphatic rings. The van der Waals surface area contributed by atoms with Gasteiger partial charge in [0.2, 0.25) is 0 Å². The topological polar surface area (TPSA) is 80.4 Å². The highest BCUT2D eigenvalue weighted by Gasteiger charge is 2.17. The number of carbonyl (C=O) groups is 1. The molecule has 0 unspecified atom stereocenters. The van der Waals surface area contributed by atoms with Crippen molar-refractivity contribution in [3.05, 3.63) is 23.2 Å². The normalized spacial score (nSPS) is 10.5. The molecule has 2 aromatic heterocycles. The second-order valence-corrected chi connectivity index (χ2v) is 2.57. The smallest absolute Gasteiger partial charge is 0.357 e. The Hall–Kier alpha value is -1.69. The molecular weight excluding hydrogens is 196 g/mol. The molecule has 6 nitrogen and oxygen atoms in total. The zero-order valence-electron chi connectivity index (χ0n) is 6.18. The van der Waals surface area contributed by atoms with Gasteiger partial charge in [0.15, 0.2) is 10.8 Å². The first-order valence-electron chi connectivity index (χ1n) is 3.28. The van der Waals surface area contributed by atoms with Crippen molar-refractivity contribution in [1.82, 2.24) is 19.6 Å². The predicted octanol–water partition coefficient (Wildman–Crippen LogP) is 0.476. The van der Waals surface area contributed by atoms with Crippen LogP contribution < -0.4 is 0 Å². The Morgan fingerprint density at radius 2 is 2.31 bits per heavy atom. The van der Waals surface area contributed by atoms with Gasteiger partial charge >= 0.3 is 5.97 Å². The average Bonchev–Trinajstić information content (AvgIpc) is 2.45. The van der Waals surface area contributed by atoms with Gasteiger partial charge in [0, 0.05) is 0 Å². The lowest BCUT2D eigenvalue weighted by Crippen LogP contribution is -1.97. The van der Waals surface area contributed by atoms with E-state index in [9.17, 15) is 4.79 Å². The molecule has 0 fully saturated rings. The minimum absolute atomic E-state index is 0.0457. The summed E-state index contributed by atoms with van der Waals surface area (Å²) >= 11 is 5.67. The number of aromatic carboxylic acids is 1. The number of aromatic nitrogens is 4. The molecule has 0 aliphatic carbocycles. The van der Waals surface area contributed by atoms with Gasteiger partial charge in [-0.3, -0.25) is 0 Å². The molecule has 0 bridgehead atoms. The van der Waals surface area contributed by atoms with Gasteiger partial charge in [-0.1, -0.05) is 11.6 Å². The molecule has 66 valence electrons. The molecule has 0 spiro atoms. The van der Waals surface area contributed by atoms with Crippen LogP contribution in [0.2, 0.25) is 5.15 Å². The molecule has 0 aliphatic heterocycles. The van der Waals surface area contributed by atoms with Gasteiger partial charge in [0.25, 0.3) is 5.78 Å². The van der Waals surface area contributed by atoms with Crippen LogP contribution >= 0.6 is 11.6 Å². The van der Waals surface area contributed by atoms with Gasteiger partial charge in [0.1, 0.15) is 0 Å². The summed E-state index contributed by atoms with van der Waals surface area (Å²) in [5.74, 6) is -1.03. The highest BCUT2D eigenvalue weighted by atomic mass is 35.5. The predicted molar refractivity (Wildman–Crippen MR) is 42.8 cm³/mol. The molecule has 2 aromatic rings. The summed E-state index contributed by atoms with van der Waals surface area (Å²) in [6.45, 7) is 0. The molecule has 0 saturated carbocycles. The fraction of sp³-hybridized carbons (Fsp3) is 0. The van der Waals surface area contributed by atoms with E-state index in [4.69, 9.17) is 16.7 Å². The monoisotopic (exact) mass is 198 g/mol. The first-order chi connectivity index (χ1) is 6.20. The number of fused-ring (bicyclic) bond motifs is 1. The molecule has 7 heteroatoms. The summed E-state index contributed by atoms with van der Waals surface area (Å²) in [7, 11) is 0. The molecule has 2 rings (SSSR count). The van der Waals surface area contributed by atoms with E-state index in [1.165, 1.54) is 12.4 Å². The van der Waals surface area contributed by atoms with E-state index >= 15 is 0 Å². The van der Waals surface area contributed by atoms with E-state index in [0.29, 0.717) is 0 Å². The number of nitrogens with zero attached hydrogens (tertiary/aromatic N) is 4. The van der Waals surface area contributed by atoms with Crippen molar-refractivity contribution >= 4 is 23.3 Å². The lowest BCUT2D eigenvalue weighted by atomic mass is 10.5. The van der Waals surface area contributed by atoms with E-state index in [2.05, 4.69) is 15.1 Å². The van der Waals surface area contributed by atoms with Gasteiger partial charge in [0.05, 0.1) is 12.4 Å². The quantitative estimate of drug-likeness (QED) is 0.721. The van der Waals surface area contributed by atoms with Crippen LogP contribution in [0.25, 0.3) is 5.78 Å². The molecule has 0 radical (unpaired) electrons. The first-order valence-corrected chi connectivity index (χ1v) is 3.66. The van der Waals surface area contributed by atoms with Gasteiger partial charge in [-0.2, -0.15) is 9.61 Å². The first kappa shape index (κ1) is 7.93. The van der Waals surface area contributed by atoms with Crippen molar-refractivity contribution in [2.45, 2.75) is 0 Å². The van der Waals surface area contributed by atoms with Crippen LogP contribution in [0.4, 0.5) is 0 Å². The lowest BCUT2D eigenvalue weighted by molar-refractivity contribution is 0.0691. The Morgan fingerprint density at radius 1 is 1.54 bits per heavy atom. The number of imidazole rings is 1. The van der Waals surface area contributed by atoms with Crippen molar-refractivity contribution in [3.63, 3.8) is 0 Å². The summed E-state index contributed by atoms with van der Waals surface area (Å²) in [5.41, 5.74) is -0.243. The maximum Gasteiger partial charge on any atom is 0.357 e. The Kier molecular flexibility index (Phi) is 1.63. The Balaban J connectivity index is 2.81. The van der Waals surface area contributed by atoms with Crippen LogP contribution in [0.1, 0.15) is 10.5 Å². The van der Waals surface area contributed by atoms with E-state index in [1.807, 2.05) is 0 Å². The van der Waals surface area contributed by atoms with E-state index in [-0.39, 0.29) is 16.6 Å². The van der Waals surface area contributed by atoms with Crippen LogP contribution in [0.5, 0.6) is 0 Å². The number of halogens is 1. The molecule has 1 N–H and O–H groups in total. The number of carboxylic acid groups (broad SMARTS) is 1. The highest BCUT2D eigenvalue weighted by Crippen LogP contribution is 2.14. The van der Waals surface area contributed by atoms with Crippen molar-refractivity contribution in [2.75, 3.05) is 0 Å². The van der Waals surface area contributed by atoms with Crippen LogP contribution in [0.3, 0.4) is 0 Å². The van der Waals surface area contributed by atoms with Crippen molar-refractivity contribution in [1.29, 1.82) is 0 Å². The largest absolute Gasteiger partial charge is 0.476 e. The number of carboxylic acids is 1. The van der Waals surface area contributed by atoms with Crippen LogP contribution in [0.15, 0.2) is 12.4 Å². The molecule has 0 aromatic carbocycles. The molecule has 0 saturated heterocycles. The summed E-state index contributed by atoms with van der Waals surface area (Å²) in [5, 5.41) is 12.4. The van der Waals surface area contributed by atoms with Crippen molar-refractivity contribution in [2.24, 2.45) is 0 Å². The van der Waals surface area contributed by atoms with E-state index in [0.717, 1.165) is 4.52 Å². The second-order valence-electron chi connectivity index (χ2n) is 2.21. The minimum atomic E-state index is -1.20. The Labute approximate surface area is 76.8 Å². The Morgan fingerprint density at radius 3 is 2.92 bits per heavy atom. The summed E-state index contributed by atoms with van der Waals surface area (Å²) in [6, 6.07) is 0. The fourth-order valence-corrected chi connectivity index (χ4v) is 1.14. The third-order valence-electron chi connectivity index (χ3n) is 1.42. The lowest BCUT2D eigenvalue weighted by Gasteiger charge is -1.88. The minimum Gasteiger partial charge on any atom is -0.476 e. The van der Waals surface area contributed by atoms with Gasteiger partial charge < -0.3 is 5.11 Å². The fourth-order valence-electron chi connectivity index (χ4n) is 0.900. The van der Waals surface area contributed by atoms with E-state index < -0.39 is 5.97 Å². The maximum atomic E-state index is 10.6. The zero-order chi connectivity index (χ0) is 9.42. The zero-order valence-corrected chi connectivity index (χ0v) is 6.93. The summed E-state index contributed by atoms with van der Waals surface area (Å²) < 4.78 is 1.16. The van der Waals surface area contributed by atoms with Crippen LogP contribution in [-0.4, -0.2) is 30.7 Å². The Bertz CT molecular complexity index is 480. The molecule has 2 heterocycles. The summed E-state index contributed by atoms with van der Waals surface area (Å²) in [4.78, 5) is 18.0. The molecule has 13 heavy (non-hydrogen) atoms. The molecular formula is C6H3ClN4O2. The third kappa shape index (κ3) is 1.11. The van der Waals surface area contributed by atoms with Crippen molar-refractivity contribution in [3.8, 4) is 0 Å². The number of rotatable bonds is 1. The highest BCUT2D eigenvalue weighted by molar-refractivity contribution is 6.32. The standard InChI is InChI=1S/C6H3ClN4O2/c7-4-3(5(12)13)10-6-8-1-2-9-11(4)6/h1-2H,(H,12,13). The SMILES string of the molecule is O=C(O)c1nc2nccnn2c1Cl. The number of hydrogen-bond acceptors (Lipinski definition) is 4. The van der Waals surface area contributed by atoms with Crippen molar-refractivity contribution < 1.29 is 9.90 Å². The molecule has 0 amide bonds. The van der Waals surface area contributed by atoms with Crippen LogP contribution in [0, 0.1) is 0 Å². The average molecular weight is 199 g/mol. The van der Waals surface area contributed by atoms with E-state index in [1.54, 1.807) is 0 Å².